The van der Waals surface area contributed by atoms with Gasteiger partial charge in [-0.1, -0.05) is 39.5 Å². The lowest BCUT2D eigenvalue weighted by molar-refractivity contribution is 0.351. The van der Waals surface area contributed by atoms with Crippen LogP contribution >= 0.6 is 0 Å². The molecule has 0 radical (unpaired) electrons. The molecule has 1 unspecified atom stereocenters. The summed E-state index contributed by atoms with van der Waals surface area (Å²) in [6, 6.07) is 0. The third-order valence-corrected chi connectivity index (χ3v) is 2.35. The maximum atomic E-state index is 5.50. The van der Waals surface area contributed by atoms with Crippen molar-refractivity contribution in [3.8, 4) is 0 Å². The van der Waals surface area contributed by atoms with E-state index >= 15 is 0 Å². The predicted octanol–water partition coefficient (Wildman–Crippen LogP) is 3.13. The van der Waals surface area contributed by atoms with Gasteiger partial charge in [-0.15, -0.1) is 0 Å². The van der Waals surface area contributed by atoms with E-state index in [2.05, 4.69) is 13.8 Å². The molecule has 0 aromatic heterocycles. The second kappa shape index (κ2) is 4.76. The second-order valence-electron chi connectivity index (χ2n) is 3.50. The monoisotopic (exact) mass is 156 g/mol. The van der Waals surface area contributed by atoms with Crippen LogP contribution in [0.25, 0.3) is 0 Å². The Morgan fingerprint density at radius 2 is 1.64 bits per heavy atom. The molecule has 0 amide bonds. The molecule has 2 atom stereocenters. The molecule has 1 nitrogen and oxygen atoms in total. The zero-order chi connectivity index (χ0) is 8.10. The first-order chi connectivity index (χ1) is 5.38. The fraction of sp³-hybridized carbons (Fsp3) is 1.00. The number of hydrogen-bond acceptors (Lipinski definition) is 1. The van der Waals surface area contributed by atoms with Gasteiger partial charge in [-0.3, -0.25) is 0 Å². The van der Waals surface area contributed by atoms with Crippen molar-refractivity contribution in [1.82, 2.24) is 0 Å². The van der Waals surface area contributed by atoms with Crippen molar-refractivity contribution in [1.29, 1.82) is 0 Å². The van der Waals surface area contributed by atoms with Crippen molar-refractivity contribution in [2.75, 3.05) is 0 Å². The van der Waals surface area contributed by atoms with E-state index in [9.17, 15) is 0 Å². The van der Waals surface area contributed by atoms with Crippen LogP contribution in [0.3, 0.4) is 0 Å². The number of epoxide rings is 1. The van der Waals surface area contributed by atoms with Crippen LogP contribution < -0.4 is 0 Å². The Hall–Kier alpha value is -0.0400. The molecule has 11 heavy (non-hydrogen) atoms. The standard InChI is InChI=1S/C10H20O/c1-3-5-6-8-10-9(11-10)7-4-2/h9-10H,3-8H2,1-2H3/t9-,10?/m0/s1. The third kappa shape index (κ3) is 3.24. The van der Waals surface area contributed by atoms with Crippen LogP contribution in [0.4, 0.5) is 0 Å². The third-order valence-electron chi connectivity index (χ3n) is 2.35. The lowest BCUT2D eigenvalue weighted by Crippen LogP contribution is -1.92. The molecule has 1 heteroatoms. The van der Waals surface area contributed by atoms with Crippen molar-refractivity contribution in [3.05, 3.63) is 0 Å². The Kier molecular flexibility index (Phi) is 3.92. The van der Waals surface area contributed by atoms with Gasteiger partial charge in [-0.2, -0.15) is 0 Å². The molecular formula is C10H20O. The first kappa shape index (κ1) is 9.05. The highest BCUT2D eigenvalue weighted by atomic mass is 16.6. The zero-order valence-corrected chi connectivity index (χ0v) is 7.81. The summed E-state index contributed by atoms with van der Waals surface area (Å²) in [6.45, 7) is 4.47. The minimum Gasteiger partial charge on any atom is -0.370 e. The van der Waals surface area contributed by atoms with Crippen molar-refractivity contribution in [2.24, 2.45) is 0 Å². The summed E-state index contributed by atoms with van der Waals surface area (Å²) < 4.78 is 5.50. The molecule has 0 bridgehead atoms. The van der Waals surface area contributed by atoms with E-state index < -0.39 is 0 Å². The van der Waals surface area contributed by atoms with Gasteiger partial charge in [-0.05, 0) is 12.8 Å². The van der Waals surface area contributed by atoms with E-state index in [1.165, 1.54) is 38.5 Å². The topological polar surface area (TPSA) is 12.5 Å². The minimum atomic E-state index is 0.636. The molecular weight excluding hydrogens is 136 g/mol. The molecule has 1 saturated heterocycles. The summed E-state index contributed by atoms with van der Waals surface area (Å²) in [5, 5.41) is 0. The van der Waals surface area contributed by atoms with Gasteiger partial charge in [-0.25, -0.2) is 0 Å². The molecule has 66 valence electrons. The van der Waals surface area contributed by atoms with E-state index in [1.54, 1.807) is 0 Å². The molecule has 1 heterocycles. The Morgan fingerprint density at radius 1 is 0.909 bits per heavy atom. The van der Waals surface area contributed by atoms with Gasteiger partial charge >= 0.3 is 0 Å². The minimum absolute atomic E-state index is 0.636. The average Bonchev–Trinajstić information content (AvgIpc) is 2.70. The Labute approximate surface area is 70.1 Å². The largest absolute Gasteiger partial charge is 0.370 e. The molecule has 1 aliphatic rings. The highest BCUT2D eigenvalue weighted by Crippen LogP contribution is 2.30. The zero-order valence-electron chi connectivity index (χ0n) is 7.81. The normalized spacial score (nSPS) is 28.9. The maximum absolute atomic E-state index is 5.50. The van der Waals surface area contributed by atoms with Gasteiger partial charge in [0.25, 0.3) is 0 Å². The highest BCUT2D eigenvalue weighted by molar-refractivity contribution is 4.83. The van der Waals surface area contributed by atoms with Crippen molar-refractivity contribution in [3.63, 3.8) is 0 Å². The molecule has 0 spiro atoms. The van der Waals surface area contributed by atoms with Gasteiger partial charge in [0.2, 0.25) is 0 Å². The van der Waals surface area contributed by atoms with Crippen LogP contribution in [0.2, 0.25) is 0 Å². The molecule has 1 rings (SSSR count). The van der Waals surface area contributed by atoms with E-state index in [-0.39, 0.29) is 0 Å². The molecule has 0 aromatic rings. The van der Waals surface area contributed by atoms with Crippen LogP contribution in [0.15, 0.2) is 0 Å². The summed E-state index contributed by atoms with van der Waals surface area (Å²) in [4.78, 5) is 0. The average molecular weight is 156 g/mol. The van der Waals surface area contributed by atoms with Crippen molar-refractivity contribution in [2.45, 2.75) is 64.6 Å². The number of rotatable bonds is 6. The van der Waals surface area contributed by atoms with E-state index in [0.29, 0.717) is 12.2 Å². The summed E-state index contributed by atoms with van der Waals surface area (Å²) in [6.07, 6.45) is 9.19. The van der Waals surface area contributed by atoms with E-state index in [1.807, 2.05) is 0 Å². The first-order valence-corrected chi connectivity index (χ1v) is 5.04. The molecule has 0 aliphatic carbocycles. The number of ether oxygens (including phenoxy) is 1. The smallest absolute Gasteiger partial charge is 0.0841 e. The lowest BCUT2D eigenvalue weighted by Gasteiger charge is -1.93. The second-order valence-corrected chi connectivity index (χ2v) is 3.50. The lowest BCUT2D eigenvalue weighted by atomic mass is 10.1. The maximum Gasteiger partial charge on any atom is 0.0841 e. The molecule has 1 fully saturated rings. The van der Waals surface area contributed by atoms with E-state index in [0.717, 1.165) is 0 Å². The fourth-order valence-corrected chi connectivity index (χ4v) is 1.57. The van der Waals surface area contributed by atoms with Crippen LogP contribution in [-0.2, 0) is 4.74 Å². The van der Waals surface area contributed by atoms with Gasteiger partial charge in [0, 0.05) is 0 Å². The fourth-order valence-electron chi connectivity index (χ4n) is 1.57. The molecule has 0 aromatic carbocycles. The number of unbranched alkanes of at least 4 members (excludes halogenated alkanes) is 2. The van der Waals surface area contributed by atoms with Crippen LogP contribution in [0.5, 0.6) is 0 Å². The van der Waals surface area contributed by atoms with Crippen LogP contribution in [-0.4, -0.2) is 12.2 Å². The molecule has 0 saturated carbocycles. The predicted molar refractivity (Wildman–Crippen MR) is 47.7 cm³/mol. The Morgan fingerprint density at radius 3 is 2.27 bits per heavy atom. The summed E-state index contributed by atoms with van der Waals surface area (Å²) in [5.41, 5.74) is 0. The Balaban J connectivity index is 1.87. The van der Waals surface area contributed by atoms with Crippen molar-refractivity contribution < 1.29 is 4.74 Å². The Bertz CT molecular complexity index is 101. The van der Waals surface area contributed by atoms with Crippen LogP contribution in [0.1, 0.15) is 52.4 Å². The summed E-state index contributed by atoms with van der Waals surface area (Å²) in [5.74, 6) is 0. The molecule has 1 aliphatic heterocycles. The van der Waals surface area contributed by atoms with Gasteiger partial charge in [0.15, 0.2) is 0 Å². The van der Waals surface area contributed by atoms with Gasteiger partial charge in [0.05, 0.1) is 12.2 Å². The quantitative estimate of drug-likeness (QED) is 0.425. The van der Waals surface area contributed by atoms with Gasteiger partial charge in [0.1, 0.15) is 0 Å². The highest BCUT2D eigenvalue weighted by Gasteiger charge is 2.36. The molecule has 0 N–H and O–H groups in total. The van der Waals surface area contributed by atoms with E-state index in [4.69, 9.17) is 4.74 Å². The summed E-state index contributed by atoms with van der Waals surface area (Å²) in [7, 11) is 0. The number of hydrogen-bond donors (Lipinski definition) is 0. The SMILES string of the molecule is CCCCCC1O[C@H]1CCC. The van der Waals surface area contributed by atoms with Crippen molar-refractivity contribution >= 4 is 0 Å². The summed E-state index contributed by atoms with van der Waals surface area (Å²) >= 11 is 0. The van der Waals surface area contributed by atoms with Gasteiger partial charge < -0.3 is 4.74 Å². The first-order valence-electron chi connectivity index (χ1n) is 5.04. The van der Waals surface area contributed by atoms with Crippen LogP contribution in [0, 0.1) is 0 Å².